The van der Waals surface area contributed by atoms with Crippen molar-refractivity contribution in [2.24, 2.45) is 0 Å². The van der Waals surface area contributed by atoms with Gasteiger partial charge in [-0.2, -0.15) is 0 Å². The lowest BCUT2D eigenvalue weighted by Gasteiger charge is -2.01. The zero-order chi connectivity index (χ0) is 11.7. The van der Waals surface area contributed by atoms with Gasteiger partial charge in [0, 0.05) is 30.4 Å². The molecule has 0 radical (unpaired) electrons. The molecular weight excluding hydrogens is 234 g/mol. The van der Waals surface area contributed by atoms with Gasteiger partial charge in [-0.05, 0) is 29.3 Å². The van der Waals surface area contributed by atoms with Crippen LogP contribution in [0.25, 0.3) is 11.0 Å². The molecule has 3 heterocycles. The highest BCUT2D eigenvalue weighted by Gasteiger charge is 2.07. The van der Waals surface area contributed by atoms with Gasteiger partial charge in [0.1, 0.15) is 10.8 Å². The first-order valence-corrected chi connectivity index (χ1v) is 5.73. The van der Waals surface area contributed by atoms with Crippen molar-refractivity contribution >= 4 is 22.6 Å². The van der Waals surface area contributed by atoms with Crippen molar-refractivity contribution in [2.45, 2.75) is 6.42 Å². The van der Waals surface area contributed by atoms with Crippen molar-refractivity contribution in [3.8, 4) is 0 Å². The van der Waals surface area contributed by atoms with Crippen LogP contribution >= 0.6 is 11.6 Å². The summed E-state index contributed by atoms with van der Waals surface area (Å²) in [6, 6.07) is 7.88. The van der Waals surface area contributed by atoms with E-state index in [0.717, 1.165) is 23.0 Å². The monoisotopic (exact) mass is 243 g/mol. The summed E-state index contributed by atoms with van der Waals surface area (Å²) in [5, 5.41) is 1.69. The zero-order valence-corrected chi connectivity index (χ0v) is 9.78. The van der Waals surface area contributed by atoms with Crippen molar-refractivity contribution in [2.75, 3.05) is 0 Å². The molecule has 3 aromatic rings. The number of aromatic amines is 1. The first-order chi connectivity index (χ1) is 8.34. The van der Waals surface area contributed by atoms with Crippen LogP contribution in [0.15, 0.2) is 42.9 Å². The molecule has 0 amide bonds. The Balaban J connectivity index is 2.03. The topological polar surface area (TPSA) is 41.6 Å². The maximum absolute atomic E-state index is 6.06. The molecule has 17 heavy (non-hydrogen) atoms. The van der Waals surface area contributed by atoms with Crippen LogP contribution in [-0.4, -0.2) is 15.0 Å². The Labute approximate surface area is 103 Å². The van der Waals surface area contributed by atoms with Crippen LogP contribution < -0.4 is 0 Å². The summed E-state index contributed by atoms with van der Waals surface area (Å²) in [6.45, 7) is 0. The van der Waals surface area contributed by atoms with Crippen LogP contribution in [0.1, 0.15) is 11.1 Å². The predicted octanol–water partition coefficient (Wildman–Crippen LogP) is 3.20. The molecule has 0 aromatic carbocycles. The van der Waals surface area contributed by atoms with Crippen LogP contribution in [0.3, 0.4) is 0 Å². The SMILES string of the molecule is Clc1ncccc1Cc1c[nH]c2ncccc12. The summed E-state index contributed by atoms with van der Waals surface area (Å²) in [5.41, 5.74) is 3.12. The number of aromatic nitrogens is 3. The predicted molar refractivity (Wildman–Crippen MR) is 68.1 cm³/mol. The molecule has 84 valence electrons. The summed E-state index contributed by atoms with van der Waals surface area (Å²) in [5.74, 6) is 0. The van der Waals surface area contributed by atoms with Crippen LogP contribution in [0.4, 0.5) is 0 Å². The Morgan fingerprint density at radius 3 is 2.76 bits per heavy atom. The standard InChI is InChI=1S/C13H10ClN3/c14-12-9(3-1-5-15-12)7-10-8-17-13-11(10)4-2-6-16-13/h1-6,8H,7H2,(H,16,17). The molecule has 3 aromatic heterocycles. The summed E-state index contributed by atoms with van der Waals surface area (Å²) < 4.78 is 0. The third-order valence-electron chi connectivity index (χ3n) is 2.75. The molecule has 0 aliphatic carbocycles. The van der Waals surface area contributed by atoms with E-state index in [2.05, 4.69) is 21.0 Å². The number of pyridine rings is 2. The smallest absolute Gasteiger partial charge is 0.137 e. The lowest BCUT2D eigenvalue weighted by atomic mass is 10.1. The Kier molecular flexibility index (Phi) is 2.53. The van der Waals surface area contributed by atoms with Crippen LogP contribution in [-0.2, 0) is 6.42 Å². The van der Waals surface area contributed by atoms with Gasteiger partial charge < -0.3 is 4.98 Å². The largest absolute Gasteiger partial charge is 0.346 e. The van der Waals surface area contributed by atoms with Crippen LogP contribution in [0.5, 0.6) is 0 Å². The van der Waals surface area contributed by atoms with E-state index in [1.807, 2.05) is 24.4 Å². The van der Waals surface area contributed by atoms with Crippen molar-refractivity contribution in [3.05, 3.63) is 59.1 Å². The molecule has 3 nitrogen and oxygen atoms in total. The summed E-state index contributed by atoms with van der Waals surface area (Å²) in [4.78, 5) is 11.5. The number of nitrogens with zero attached hydrogens (tertiary/aromatic N) is 2. The minimum Gasteiger partial charge on any atom is -0.346 e. The van der Waals surface area contributed by atoms with E-state index in [9.17, 15) is 0 Å². The maximum Gasteiger partial charge on any atom is 0.137 e. The quantitative estimate of drug-likeness (QED) is 0.703. The minimum atomic E-state index is 0.561. The van der Waals surface area contributed by atoms with Gasteiger partial charge in [0.25, 0.3) is 0 Å². The van der Waals surface area contributed by atoms with Gasteiger partial charge in [0.05, 0.1) is 0 Å². The first-order valence-electron chi connectivity index (χ1n) is 5.35. The van der Waals surface area contributed by atoms with Gasteiger partial charge in [-0.3, -0.25) is 0 Å². The number of hydrogen-bond acceptors (Lipinski definition) is 2. The Bertz CT molecular complexity index is 660. The van der Waals surface area contributed by atoms with Crippen molar-refractivity contribution in [1.29, 1.82) is 0 Å². The van der Waals surface area contributed by atoms with Gasteiger partial charge in [-0.25, -0.2) is 9.97 Å². The average molecular weight is 244 g/mol. The third kappa shape index (κ3) is 1.89. The lowest BCUT2D eigenvalue weighted by Crippen LogP contribution is -1.89. The number of hydrogen-bond donors (Lipinski definition) is 1. The van der Waals surface area contributed by atoms with E-state index >= 15 is 0 Å². The number of halogens is 1. The highest BCUT2D eigenvalue weighted by Crippen LogP contribution is 2.22. The van der Waals surface area contributed by atoms with Gasteiger partial charge in [-0.1, -0.05) is 17.7 Å². The molecule has 0 aliphatic heterocycles. The second-order valence-electron chi connectivity index (χ2n) is 3.84. The second-order valence-corrected chi connectivity index (χ2v) is 4.20. The van der Waals surface area contributed by atoms with Crippen molar-refractivity contribution in [3.63, 3.8) is 0 Å². The number of rotatable bonds is 2. The van der Waals surface area contributed by atoms with E-state index in [4.69, 9.17) is 11.6 Å². The Hall–Kier alpha value is -1.87. The number of nitrogens with one attached hydrogen (secondary N) is 1. The maximum atomic E-state index is 6.06. The normalized spacial score (nSPS) is 10.9. The molecular formula is C13H10ClN3. The fourth-order valence-electron chi connectivity index (χ4n) is 1.92. The van der Waals surface area contributed by atoms with Gasteiger partial charge >= 0.3 is 0 Å². The molecule has 1 N–H and O–H groups in total. The molecule has 4 heteroatoms. The van der Waals surface area contributed by atoms with Gasteiger partial charge in [0.15, 0.2) is 0 Å². The summed E-state index contributed by atoms with van der Waals surface area (Å²) in [6.07, 6.45) is 6.21. The van der Waals surface area contributed by atoms with E-state index < -0.39 is 0 Å². The van der Waals surface area contributed by atoms with Crippen LogP contribution in [0, 0.1) is 0 Å². The first kappa shape index (κ1) is 10.3. The van der Waals surface area contributed by atoms with Crippen molar-refractivity contribution in [1.82, 2.24) is 15.0 Å². The molecule has 3 rings (SSSR count). The zero-order valence-electron chi connectivity index (χ0n) is 9.02. The molecule has 0 saturated carbocycles. The van der Waals surface area contributed by atoms with Gasteiger partial charge in [0.2, 0.25) is 0 Å². The van der Waals surface area contributed by atoms with Crippen molar-refractivity contribution < 1.29 is 0 Å². The molecule has 0 aliphatic rings. The average Bonchev–Trinajstić information content (AvgIpc) is 2.76. The summed E-state index contributed by atoms with van der Waals surface area (Å²) >= 11 is 6.06. The van der Waals surface area contributed by atoms with Crippen LogP contribution in [0.2, 0.25) is 5.15 Å². The second kappa shape index (κ2) is 4.18. The molecule has 0 spiro atoms. The van der Waals surface area contributed by atoms with E-state index in [0.29, 0.717) is 5.15 Å². The fraction of sp³-hybridized carbons (Fsp3) is 0.0769. The number of H-pyrrole nitrogens is 1. The fourth-order valence-corrected chi connectivity index (χ4v) is 2.10. The van der Waals surface area contributed by atoms with Gasteiger partial charge in [-0.15, -0.1) is 0 Å². The lowest BCUT2D eigenvalue weighted by molar-refractivity contribution is 1.15. The van der Waals surface area contributed by atoms with E-state index in [1.54, 1.807) is 12.4 Å². The highest BCUT2D eigenvalue weighted by molar-refractivity contribution is 6.30. The minimum absolute atomic E-state index is 0.561. The number of fused-ring (bicyclic) bond motifs is 1. The molecule has 0 unspecified atom stereocenters. The highest BCUT2D eigenvalue weighted by atomic mass is 35.5. The molecule has 0 atom stereocenters. The van der Waals surface area contributed by atoms with E-state index in [-0.39, 0.29) is 0 Å². The third-order valence-corrected chi connectivity index (χ3v) is 3.09. The Morgan fingerprint density at radius 2 is 1.88 bits per heavy atom. The van der Waals surface area contributed by atoms with E-state index in [1.165, 1.54) is 5.56 Å². The molecule has 0 fully saturated rings. The summed E-state index contributed by atoms with van der Waals surface area (Å²) in [7, 11) is 0. The molecule has 0 bridgehead atoms. The Morgan fingerprint density at radius 1 is 1.06 bits per heavy atom. The molecule has 0 saturated heterocycles.